The van der Waals surface area contributed by atoms with Gasteiger partial charge in [0, 0.05) is 45.4 Å². The Morgan fingerprint density at radius 1 is 1.41 bits per heavy atom. The number of nitrogens with zero attached hydrogens (tertiary/aromatic N) is 1. The molecule has 0 saturated carbocycles. The number of hydrogen-bond acceptors (Lipinski definition) is 3. The van der Waals surface area contributed by atoms with Crippen molar-refractivity contribution in [2.24, 2.45) is 5.92 Å². The molecule has 102 valence electrons. The number of nitrogens with one attached hydrogen (secondary N) is 1. The molecule has 0 aromatic carbocycles. The molecule has 1 rings (SSSR count). The van der Waals surface area contributed by atoms with Crippen LogP contribution in [-0.2, 0) is 4.74 Å². The maximum absolute atomic E-state index is 5.17. The van der Waals surface area contributed by atoms with Crippen LogP contribution in [0.1, 0.15) is 40.0 Å². The maximum Gasteiger partial charge on any atom is 0.0474 e. The standard InChI is InChI=1S/C14H30N2O/c1-5-12(3)14-10-15-13(6-2)11-16(14)8-7-9-17-4/h12-15H,5-11H2,1-4H3. The Hall–Kier alpha value is -0.120. The zero-order valence-corrected chi connectivity index (χ0v) is 12.0. The van der Waals surface area contributed by atoms with Gasteiger partial charge in [-0.15, -0.1) is 0 Å². The van der Waals surface area contributed by atoms with Gasteiger partial charge in [0.05, 0.1) is 0 Å². The lowest BCUT2D eigenvalue weighted by Gasteiger charge is -2.43. The summed E-state index contributed by atoms with van der Waals surface area (Å²) in [6.07, 6.45) is 3.65. The van der Waals surface area contributed by atoms with Gasteiger partial charge >= 0.3 is 0 Å². The van der Waals surface area contributed by atoms with Crippen molar-refractivity contribution in [1.82, 2.24) is 10.2 Å². The van der Waals surface area contributed by atoms with Crippen LogP contribution in [0.25, 0.3) is 0 Å². The van der Waals surface area contributed by atoms with E-state index in [-0.39, 0.29) is 0 Å². The first-order valence-electron chi connectivity index (χ1n) is 7.19. The van der Waals surface area contributed by atoms with E-state index in [1.807, 2.05) is 0 Å². The van der Waals surface area contributed by atoms with Gasteiger partial charge in [0.25, 0.3) is 0 Å². The molecule has 3 nitrogen and oxygen atoms in total. The molecular weight excluding hydrogens is 212 g/mol. The van der Waals surface area contributed by atoms with Crippen molar-refractivity contribution in [3.8, 4) is 0 Å². The molecule has 3 unspecified atom stereocenters. The van der Waals surface area contributed by atoms with Gasteiger partial charge in [-0.2, -0.15) is 0 Å². The zero-order valence-electron chi connectivity index (χ0n) is 12.0. The average molecular weight is 242 g/mol. The minimum Gasteiger partial charge on any atom is -0.385 e. The molecule has 3 atom stereocenters. The first-order valence-corrected chi connectivity index (χ1v) is 7.19. The van der Waals surface area contributed by atoms with Gasteiger partial charge in [-0.1, -0.05) is 27.2 Å². The van der Waals surface area contributed by atoms with Crippen molar-refractivity contribution in [3.05, 3.63) is 0 Å². The van der Waals surface area contributed by atoms with Crippen molar-refractivity contribution in [1.29, 1.82) is 0 Å². The maximum atomic E-state index is 5.17. The first-order chi connectivity index (χ1) is 8.22. The van der Waals surface area contributed by atoms with Crippen LogP contribution < -0.4 is 5.32 Å². The Bertz CT molecular complexity index is 199. The van der Waals surface area contributed by atoms with Gasteiger partial charge in [0.2, 0.25) is 0 Å². The summed E-state index contributed by atoms with van der Waals surface area (Å²) in [5, 5.41) is 3.68. The molecule has 0 spiro atoms. The van der Waals surface area contributed by atoms with Gasteiger partial charge in [0.15, 0.2) is 0 Å². The number of piperazine rings is 1. The summed E-state index contributed by atoms with van der Waals surface area (Å²) in [5.41, 5.74) is 0. The van der Waals surface area contributed by atoms with E-state index >= 15 is 0 Å². The fraction of sp³-hybridized carbons (Fsp3) is 1.00. The third kappa shape index (κ3) is 4.57. The Morgan fingerprint density at radius 3 is 2.76 bits per heavy atom. The van der Waals surface area contributed by atoms with E-state index in [1.54, 1.807) is 7.11 Å². The van der Waals surface area contributed by atoms with E-state index < -0.39 is 0 Å². The molecule has 1 aliphatic heterocycles. The van der Waals surface area contributed by atoms with Crippen LogP contribution in [0.15, 0.2) is 0 Å². The molecule has 1 N–H and O–H groups in total. The molecule has 1 aliphatic rings. The topological polar surface area (TPSA) is 24.5 Å². The zero-order chi connectivity index (χ0) is 12.7. The molecule has 1 heterocycles. The van der Waals surface area contributed by atoms with E-state index in [0.717, 1.165) is 25.5 Å². The SMILES string of the molecule is CCC1CN(CCCOC)C(C(C)CC)CN1. The van der Waals surface area contributed by atoms with Crippen molar-refractivity contribution < 1.29 is 4.74 Å². The third-order valence-electron chi connectivity index (χ3n) is 4.13. The first kappa shape index (κ1) is 14.9. The molecule has 0 aromatic rings. The summed E-state index contributed by atoms with van der Waals surface area (Å²) in [5.74, 6) is 0.780. The van der Waals surface area contributed by atoms with E-state index in [4.69, 9.17) is 4.74 Å². The Balaban J connectivity index is 2.48. The van der Waals surface area contributed by atoms with E-state index in [2.05, 4.69) is 31.0 Å². The van der Waals surface area contributed by atoms with Crippen molar-refractivity contribution in [2.45, 2.75) is 52.1 Å². The van der Waals surface area contributed by atoms with Gasteiger partial charge < -0.3 is 10.1 Å². The Labute approximate surface area is 107 Å². The molecule has 1 saturated heterocycles. The third-order valence-corrected chi connectivity index (χ3v) is 4.13. The molecule has 0 radical (unpaired) electrons. The number of rotatable bonds is 7. The number of ether oxygens (including phenoxy) is 1. The van der Waals surface area contributed by atoms with Crippen LogP contribution in [0.4, 0.5) is 0 Å². The summed E-state index contributed by atoms with van der Waals surface area (Å²) in [7, 11) is 1.79. The highest BCUT2D eigenvalue weighted by Crippen LogP contribution is 2.19. The van der Waals surface area contributed by atoms with Crippen molar-refractivity contribution in [3.63, 3.8) is 0 Å². The summed E-state index contributed by atoms with van der Waals surface area (Å²) in [6, 6.07) is 1.39. The monoisotopic (exact) mass is 242 g/mol. The highest BCUT2D eigenvalue weighted by molar-refractivity contribution is 4.87. The molecule has 0 bridgehead atoms. The van der Waals surface area contributed by atoms with E-state index in [9.17, 15) is 0 Å². The normalized spacial score (nSPS) is 28.2. The lowest BCUT2D eigenvalue weighted by molar-refractivity contribution is 0.0785. The lowest BCUT2D eigenvalue weighted by Crippen LogP contribution is -2.58. The predicted molar refractivity (Wildman–Crippen MR) is 73.4 cm³/mol. The number of hydrogen-bond donors (Lipinski definition) is 1. The summed E-state index contributed by atoms with van der Waals surface area (Å²) >= 11 is 0. The van der Waals surface area contributed by atoms with Gasteiger partial charge in [-0.3, -0.25) is 4.90 Å². The smallest absolute Gasteiger partial charge is 0.0474 e. The van der Waals surface area contributed by atoms with Crippen LogP contribution in [0.3, 0.4) is 0 Å². The van der Waals surface area contributed by atoms with Crippen molar-refractivity contribution in [2.75, 3.05) is 33.4 Å². The summed E-state index contributed by atoms with van der Waals surface area (Å²) < 4.78 is 5.17. The Morgan fingerprint density at radius 2 is 2.18 bits per heavy atom. The fourth-order valence-electron chi connectivity index (χ4n) is 2.68. The molecule has 1 fully saturated rings. The second kappa shape index (κ2) is 8.06. The molecule has 0 aliphatic carbocycles. The van der Waals surface area contributed by atoms with Crippen LogP contribution in [0.2, 0.25) is 0 Å². The van der Waals surface area contributed by atoms with Crippen LogP contribution >= 0.6 is 0 Å². The lowest BCUT2D eigenvalue weighted by atomic mass is 9.94. The molecule has 0 amide bonds. The highest BCUT2D eigenvalue weighted by Gasteiger charge is 2.29. The van der Waals surface area contributed by atoms with Crippen LogP contribution in [0.5, 0.6) is 0 Å². The summed E-state index contributed by atoms with van der Waals surface area (Å²) in [4.78, 5) is 2.68. The van der Waals surface area contributed by atoms with Gasteiger partial charge in [0.1, 0.15) is 0 Å². The van der Waals surface area contributed by atoms with Gasteiger partial charge in [-0.05, 0) is 18.8 Å². The highest BCUT2D eigenvalue weighted by atomic mass is 16.5. The molecule has 0 aromatic heterocycles. The van der Waals surface area contributed by atoms with Gasteiger partial charge in [-0.25, -0.2) is 0 Å². The molecular formula is C14H30N2O. The largest absolute Gasteiger partial charge is 0.385 e. The quantitative estimate of drug-likeness (QED) is 0.692. The van der Waals surface area contributed by atoms with E-state index in [0.29, 0.717) is 12.1 Å². The minimum atomic E-state index is 0.679. The van der Waals surface area contributed by atoms with Crippen LogP contribution in [-0.4, -0.2) is 50.3 Å². The molecule has 17 heavy (non-hydrogen) atoms. The van der Waals surface area contributed by atoms with E-state index in [1.165, 1.54) is 25.9 Å². The fourth-order valence-corrected chi connectivity index (χ4v) is 2.68. The molecule has 3 heteroatoms. The van der Waals surface area contributed by atoms with Crippen LogP contribution in [0, 0.1) is 5.92 Å². The predicted octanol–water partition coefficient (Wildman–Crippen LogP) is 2.12. The number of methoxy groups -OCH3 is 1. The van der Waals surface area contributed by atoms with Crippen molar-refractivity contribution >= 4 is 0 Å². The Kier molecular flexibility index (Phi) is 7.09. The summed E-state index contributed by atoms with van der Waals surface area (Å²) in [6.45, 7) is 11.4. The average Bonchev–Trinajstić information content (AvgIpc) is 2.38. The second-order valence-electron chi connectivity index (χ2n) is 5.31. The second-order valence-corrected chi connectivity index (χ2v) is 5.31. The minimum absolute atomic E-state index is 0.679.